The fraction of sp³-hybridized carbons (Fsp3) is 0.800. The van der Waals surface area contributed by atoms with Crippen LogP contribution in [-0.2, 0) is 14.3 Å². The molecule has 0 aromatic heterocycles. The molecular weight excluding hydrogens is 196 g/mol. The monoisotopic (exact) mass is 214 g/mol. The molecule has 86 valence electrons. The van der Waals surface area contributed by atoms with Crippen molar-refractivity contribution in [2.45, 2.75) is 32.2 Å². The summed E-state index contributed by atoms with van der Waals surface area (Å²) in [5.74, 6) is -0.351. The van der Waals surface area contributed by atoms with Crippen molar-refractivity contribution >= 4 is 11.9 Å². The van der Waals surface area contributed by atoms with Crippen LogP contribution in [0.3, 0.4) is 0 Å². The van der Waals surface area contributed by atoms with Crippen molar-refractivity contribution < 1.29 is 14.3 Å². The molecule has 0 aliphatic carbocycles. The van der Waals surface area contributed by atoms with Crippen LogP contribution < -0.4 is 10.6 Å². The zero-order chi connectivity index (χ0) is 11.1. The SMILES string of the molecule is CCCCCOC(=O)C1CNC(=O)CN1. The first-order chi connectivity index (χ1) is 7.24. The van der Waals surface area contributed by atoms with E-state index in [1.54, 1.807) is 0 Å². The first-order valence-corrected chi connectivity index (χ1v) is 5.40. The summed E-state index contributed by atoms with van der Waals surface area (Å²) in [6.45, 7) is 3.08. The Morgan fingerprint density at radius 3 is 2.93 bits per heavy atom. The van der Waals surface area contributed by atoms with Crippen LogP contribution in [0, 0.1) is 0 Å². The number of rotatable bonds is 5. The maximum absolute atomic E-state index is 11.4. The van der Waals surface area contributed by atoms with Crippen molar-refractivity contribution in [2.75, 3.05) is 19.7 Å². The maximum Gasteiger partial charge on any atom is 0.324 e. The molecule has 15 heavy (non-hydrogen) atoms. The summed E-state index contributed by atoms with van der Waals surface area (Å²) >= 11 is 0. The quantitative estimate of drug-likeness (QED) is 0.491. The van der Waals surface area contributed by atoms with Crippen molar-refractivity contribution in [1.82, 2.24) is 10.6 Å². The highest BCUT2D eigenvalue weighted by Gasteiger charge is 2.24. The Balaban J connectivity index is 2.14. The summed E-state index contributed by atoms with van der Waals surface area (Å²) in [4.78, 5) is 22.2. The van der Waals surface area contributed by atoms with E-state index < -0.39 is 0 Å². The van der Waals surface area contributed by atoms with Crippen molar-refractivity contribution in [2.24, 2.45) is 0 Å². The number of amides is 1. The van der Waals surface area contributed by atoms with E-state index >= 15 is 0 Å². The summed E-state index contributed by atoms with van der Waals surface area (Å²) < 4.78 is 5.07. The van der Waals surface area contributed by atoms with E-state index in [-0.39, 0.29) is 24.5 Å². The molecule has 0 bridgehead atoms. The lowest BCUT2D eigenvalue weighted by molar-refractivity contribution is -0.147. The lowest BCUT2D eigenvalue weighted by Crippen LogP contribution is -2.55. The van der Waals surface area contributed by atoms with Crippen LogP contribution in [0.5, 0.6) is 0 Å². The molecule has 0 spiro atoms. The summed E-state index contributed by atoms with van der Waals surface area (Å²) in [6.07, 6.45) is 3.08. The molecule has 0 aromatic carbocycles. The zero-order valence-corrected chi connectivity index (χ0v) is 9.04. The fourth-order valence-electron chi connectivity index (χ4n) is 1.36. The van der Waals surface area contributed by atoms with E-state index in [0.717, 1.165) is 19.3 Å². The topological polar surface area (TPSA) is 67.4 Å². The number of nitrogens with one attached hydrogen (secondary N) is 2. The molecule has 5 heteroatoms. The van der Waals surface area contributed by atoms with Gasteiger partial charge >= 0.3 is 5.97 Å². The molecule has 2 N–H and O–H groups in total. The normalized spacial score (nSPS) is 20.9. The first-order valence-electron chi connectivity index (χ1n) is 5.40. The van der Waals surface area contributed by atoms with Gasteiger partial charge in [0.25, 0.3) is 0 Å². The molecule has 1 amide bonds. The van der Waals surface area contributed by atoms with E-state index in [0.29, 0.717) is 13.2 Å². The first kappa shape index (κ1) is 12.0. The molecule has 0 saturated carbocycles. The van der Waals surface area contributed by atoms with Gasteiger partial charge in [-0.25, -0.2) is 0 Å². The minimum absolute atomic E-state index is 0.0787. The van der Waals surface area contributed by atoms with E-state index in [9.17, 15) is 9.59 Å². The van der Waals surface area contributed by atoms with E-state index in [2.05, 4.69) is 17.6 Å². The number of esters is 1. The van der Waals surface area contributed by atoms with Gasteiger partial charge in [-0.2, -0.15) is 0 Å². The molecule has 1 heterocycles. The Kier molecular flexibility index (Phi) is 5.10. The van der Waals surface area contributed by atoms with Gasteiger partial charge in [-0.3, -0.25) is 14.9 Å². The average molecular weight is 214 g/mol. The van der Waals surface area contributed by atoms with E-state index in [1.165, 1.54) is 0 Å². The van der Waals surface area contributed by atoms with Gasteiger partial charge in [-0.15, -0.1) is 0 Å². The average Bonchev–Trinajstić information content (AvgIpc) is 2.25. The number of carbonyl (C=O) groups excluding carboxylic acids is 2. The minimum Gasteiger partial charge on any atom is -0.464 e. The molecule has 0 aromatic rings. The largest absolute Gasteiger partial charge is 0.464 e. The standard InChI is InChI=1S/C10H18N2O3/c1-2-3-4-5-15-10(14)8-6-12-9(13)7-11-8/h8,11H,2-7H2,1H3,(H,12,13). The molecule has 1 atom stereocenters. The van der Waals surface area contributed by atoms with Crippen molar-refractivity contribution in [3.63, 3.8) is 0 Å². The fourth-order valence-corrected chi connectivity index (χ4v) is 1.36. The summed E-state index contributed by atoms with van der Waals surface area (Å²) in [7, 11) is 0. The van der Waals surface area contributed by atoms with Crippen LogP contribution in [0.15, 0.2) is 0 Å². The summed E-state index contributed by atoms with van der Waals surface area (Å²) in [5, 5.41) is 5.44. The Morgan fingerprint density at radius 1 is 1.53 bits per heavy atom. The molecule has 1 rings (SSSR count). The molecule has 0 radical (unpaired) electrons. The molecule has 1 aliphatic rings. The smallest absolute Gasteiger partial charge is 0.324 e. The van der Waals surface area contributed by atoms with Gasteiger partial charge in [0.2, 0.25) is 5.91 Å². The highest BCUT2D eigenvalue weighted by molar-refractivity contribution is 5.83. The van der Waals surface area contributed by atoms with Crippen LogP contribution in [-0.4, -0.2) is 37.6 Å². The number of hydrogen-bond donors (Lipinski definition) is 2. The molecule has 1 aliphatic heterocycles. The summed E-state index contributed by atoms with van der Waals surface area (Å²) in [5.41, 5.74) is 0. The van der Waals surface area contributed by atoms with Crippen molar-refractivity contribution in [3.8, 4) is 0 Å². The third-order valence-corrected chi connectivity index (χ3v) is 2.29. The van der Waals surface area contributed by atoms with Crippen molar-refractivity contribution in [1.29, 1.82) is 0 Å². The molecule has 1 fully saturated rings. The summed E-state index contributed by atoms with van der Waals surface area (Å²) in [6, 6.07) is -0.385. The number of unbranched alkanes of at least 4 members (excludes halogenated alkanes) is 2. The lowest BCUT2D eigenvalue weighted by Gasteiger charge is -2.22. The van der Waals surface area contributed by atoms with Gasteiger partial charge in [0.05, 0.1) is 13.2 Å². The molecule has 1 unspecified atom stereocenters. The predicted octanol–water partition coefficient (Wildman–Crippen LogP) is -0.192. The van der Waals surface area contributed by atoms with E-state index in [4.69, 9.17) is 4.74 Å². The second kappa shape index (κ2) is 6.40. The number of ether oxygens (including phenoxy) is 1. The predicted molar refractivity (Wildman–Crippen MR) is 55.3 cm³/mol. The number of carbonyl (C=O) groups is 2. The van der Waals surface area contributed by atoms with Gasteiger partial charge < -0.3 is 10.1 Å². The zero-order valence-electron chi connectivity index (χ0n) is 9.04. The van der Waals surface area contributed by atoms with Gasteiger partial charge in [-0.1, -0.05) is 19.8 Å². The van der Waals surface area contributed by atoms with E-state index in [1.807, 2.05) is 0 Å². The lowest BCUT2D eigenvalue weighted by atomic mass is 10.2. The van der Waals surface area contributed by atoms with Gasteiger partial charge in [0, 0.05) is 6.54 Å². The second-order valence-electron chi connectivity index (χ2n) is 3.61. The Bertz CT molecular complexity index is 221. The Hall–Kier alpha value is -1.10. The molecule has 1 saturated heterocycles. The third-order valence-electron chi connectivity index (χ3n) is 2.29. The van der Waals surface area contributed by atoms with Crippen LogP contribution in [0.25, 0.3) is 0 Å². The van der Waals surface area contributed by atoms with Crippen LogP contribution in [0.1, 0.15) is 26.2 Å². The Labute approximate surface area is 89.6 Å². The van der Waals surface area contributed by atoms with Gasteiger partial charge in [0.1, 0.15) is 6.04 Å². The highest BCUT2D eigenvalue weighted by atomic mass is 16.5. The van der Waals surface area contributed by atoms with Gasteiger partial charge in [-0.05, 0) is 6.42 Å². The minimum atomic E-state index is -0.385. The number of piperazine rings is 1. The van der Waals surface area contributed by atoms with Crippen LogP contribution in [0.2, 0.25) is 0 Å². The number of hydrogen-bond acceptors (Lipinski definition) is 4. The molecular formula is C10H18N2O3. The Morgan fingerprint density at radius 2 is 2.33 bits per heavy atom. The van der Waals surface area contributed by atoms with Crippen LogP contribution >= 0.6 is 0 Å². The van der Waals surface area contributed by atoms with Crippen LogP contribution in [0.4, 0.5) is 0 Å². The third kappa shape index (κ3) is 4.29. The van der Waals surface area contributed by atoms with Gasteiger partial charge in [0.15, 0.2) is 0 Å². The molecule has 5 nitrogen and oxygen atoms in total. The van der Waals surface area contributed by atoms with Crippen molar-refractivity contribution in [3.05, 3.63) is 0 Å². The highest BCUT2D eigenvalue weighted by Crippen LogP contribution is 1.97. The maximum atomic E-state index is 11.4. The second-order valence-corrected chi connectivity index (χ2v) is 3.61.